The van der Waals surface area contributed by atoms with Crippen molar-refractivity contribution >= 4 is 5.97 Å². The van der Waals surface area contributed by atoms with Crippen LogP contribution in [0.3, 0.4) is 0 Å². The Morgan fingerprint density at radius 3 is 2.80 bits per heavy atom. The van der Waals surface area contributed by atoms with E-state index in [1.807, 2.05) is 4.90 Å². The van der Waals surface area contributed by atoms with Crippen LogP contribution >= 0.6 is 0 Å². The number of hydrogen-bond acceptors (Lipinski definition) is 4. The molecule has 0 spiro atoms. The van der Waals surface area contributed by atoms with Crippen LogP contribution in [0, 0.1) is 0 Å². The molecular formula is C6H11NO3. The number of nitrogens with zero attached hydrogens (tertiary/aromatic N) is 1. The van der Waals surface area contributed by atoms with Crippen LogP contribution in [0.1, 0.15) is 0 Å². The van der Waals surface area contributed by atoms with Crippen LogP contribution in [0.2, 0.25) is 0 Å². The third-order valence-electron chi connectivity index (χ3n) is 1.52. The smallest absolute Gasteiger partial charge is 0.319 e. The summed E-state index contributed by atoms with van der Waals surface area (Å²) < 4.78 is 4.43. The fourth-order valence-corrected chi connectivity index (χ4v) is 0.919. The molecular weight excluding hydrogens is 134 g/mol. The largest absolute Gasteiger partial charge is 0.468 e. The number of methoxy groups -OCH3 is 1. The van der Waals surface area contributed by atoms with E-state index in [1.165, 1.54) is 7.11 Å². The molecule has 0 saturated carbocycles. The molecule has 0 aromatic carbocycles. The summed E-state index contributed by atoms with van der Waals surface area (Å²) in [7, 11) is 1.36. The Kier molecular flexibility index (Phi) is 2.24. The van der Waals surface area contributed by atoms with Crippen molar-refractivity contribution in [2.75, 3.05) is 26.7 Å². The normalized spacial score (nSPS) is 20.2. The predicted octanol–water partition coefficient (Wildman–Crippen LogP) is -1.16. The number of aliphatic hydroxyl groups excluding tert-OH is 1. The number of carbonyl (C=O) groups is 1. The lowest BCUT2D eigenvalue weighted by atomic mass is 10.2. The van der Waals surface area contributed by atoms with Gasteiger partial charge in [-0.15, -0.1) is 0 Å². The first kappa shape index (κ1) is 7.50. The van der Waals surface area contributed by atoms with Crippen LogP contribution in [-0.4, -0.2) is 48.8 Å². The highest BCUT2D eigenvalue weighted by atomic mass is 16.5. The minimum Gasteiger partial charge on any atom is -0.468 e. The summed E-state index contributed by atoms with van der Waals surface area (Å²) in [4.78, 5) is 12.4. The highest BCUT2D eigenvalue weighted by molar-refractivity contribution is 5.71. The molecule has 4 nitrogen and oxygen atoms in total. The molecule has 1 heterocycles. The van der Waals surface area contributed by atoms with Gasteiger partial charge in [0.15, 0.2) is 0 Å². The van der Waals surface area contributed by atoms with Crippen molar-refractivity contribution in [1.82, 2.24) is 4.90 Å². The van der Waals surface area contributed by atoms with Crippen LogP contribution in [0.15, 0.2) is 0 Å². The number of ether oxygens (including phenoxy) is 1. The number of β-amino-alcohol motifs (C(OH)–C–C–N with tert-alkyl or cyclic N) is 1. The Labute approximate surface area is 59.4 Å². The van der Waals surface area contributed by atoms with E-state index in [4.69, 9.17) is 5.11 Å². The number of likely N-dealkylation sites (tertiary alicyclic amines) is 1. The molecule has 10 heavy (non-hydrogen) atoms. The summed E-state index contributed by atoms with van der Waals surface area (Å²) in [5.41, 5.74) is 0. The number of carbonyl (C=O) groups excluding carboxylic acids is 1. The average Bonchev–Trinajstić information content (AvgIpc) is 1.84. The number of rotatable bonds is 2. The van der Waals surface area contributed by atoms with Gasteiger partial charge in [0, 0.05) is 13.1 Å². The Bertz CT molecular complexity index is 131. The van der Waals surface area contributed by atoms with Gasteiger partial charge in [0.2, 0.25) is 0 Å². The molecule has 0 atom stereocenters. The van der Waals surface area contributed by atoms with Gasteiger partial charge in [0.05, 0.1) is 19.8 Å². The molecule has 1 aliphatic heterocycles. The highest BCUT2D eigenvalue weighted by Gasteiger charge is 2.25. The second-order valence-electron chi connectivity index (χ2n) is 2.42. The lowest BCUT2D eigenvalue weighted by Gasteiger charge is -2.34. The van der Waals surface area contributed by atoms with Crippen LogP contribution in [-0.2, 0) is 9.53 Å². The van der Waals surface area contributed by atoms with E-state index in [9.17, 15) is 4.79 Å². The first-order valence-corrected chi connectivity index (χ1v) is 3.19. The fourth-order valence-electron chi connectivity index (χ4n) is 0.919. The third-order valence-corrected chi connectivity index (χ3v) is 1.52. The zero-order chi connectivity index (χ0) is 7.56. The lowest BCUT2D eigenvalue weighted by molar-refractivity contribution is -0.144. The SMILES string of the molecule is COC(=O)CN1CC(O)C1. The summed E-state index contributed by atoms with van der Waals surface area (Å²) in [6.45, 7) is 1.48. The molecule has 4 heteroatoms. The van der Waals surface area contributed by atoms with E-state index in [2.05, 4.69) is 4.74 Å². The summed E-state index contributed by atoms with van der Waals surface area (Å²) in [6.07, 6.45) is -0.246. The number of esters is 1. The average molecular weight is 145 g/mol. The fraction of sp³-hybridized carbons (Fsp3) is 0.833. The van der Waals surface area contributed by atoms with Crippen LogP contribution in [0.4, 0.5) is 0 Å². The highest BCUT2D eigenvalue weighted by Crippen LogP contribution is 2.05. The van der Waals surface area contributed by atoms with Gasteiger partial charge in [-0.05, 0) is 0 Å². The van der Waals surface area contributed by atoms with Gasteiger partial charge in [-0.3, -0.25) is 9.69 Å². The van der Waals surface area contributed by atoms with Crippen molar-refractivity contribution in [2.24, 2.45) is 0 Å². The summed E-state index contributed by atoms with van der Waals surface area (Å²) in [5.74, 6) is -0.244. The molecule has 1 aliphatic rings. The maximum Gasteiger partial charge on any atom is 0.319 e. The maximum absolute atomic E-state index is 10.6. The van der Waals surface area contributed by atoms with Gasteiger partial charge in [0.1, 0.15) is 0 Å². The van der Waals surface area contributed by atoms with E-state index < -0.39 is 0 Å². The van der Waals surface area contributed by atoms with Crippen molar-refractivity contribution in [3.63, 3.8) is 0 Å². The van der Waals surface area contributed by atoms with Crippen molar-refractivity contribution in [3.8, 4) is 0 Å². The van der Waals surface area contributed by atoms with Gasteiger partial charge < -0.3 is 9.84 Å². The summed E-state index contributed by atoms with van der Waals surface area (Å²) in [5, 5.41) is 8.81. The molecule has 0 aromatic heterocycles. The monoisotopic (exact) mass is 145 g/mol. The second-order valence-corrected chi connectivity index (χ2v) is 2.42. The first-order valence-electron chi connectivity index (χ1n) is 3.19. The zero-order valence-electron chi connectivity index (χ0n) is 5.91. The lowest BCUT2D eigenvalue weighted by Crippen LogP contribution is -2.52. The molecule has 1 N–H and O–H groups in total. The first-order chi connectivity index (χ1) is 4.72. The Hall–Kier alpha value is -0.610. The minimum atomic E-state index is -0.246. The van der Waals surface area contributed by atoms with Crippen molar-refractivity contribution < 1.29 is 14.6 Å². The minimum absolute atomic E-state index is 0.244. The molecule has 1 rings (SSSR count). The van der Waals surface area contributed by atoms with Crippen LogP contribution in [0.25, 0.3) is 0 Å². The topological polar surface area (TPSA) is 49.8 Å². The quantitative estimate of drug-likeness (QED) is 0.498. The van der Waals surface area contributed by atoms with Gasteiger partial charge in [-0.1, -0.05) is 0 Å². The second kappa shape index (κ2) is 2.98. The van der Waals surface area contributed by atoms with Crippen molar-refractivity contribution in [1.29, 1.82) is 0 Å². The predicted molar refractivity (Wildman–Crippen MR) is 34.5 cm³/mol. The third kappa shape index (κ3) is 1.68. The molecule has 58 valence electrons. The number of aliphatic hydroxyl groups is 1. The molecule has 0 aliphatic carbocycles. The van der Waals surface area contributed by atoms with Crippen molar-refractivity contribution in [2.45, 2.75) is 6.10 Å². The molecule has 0 amide bonds. The Balaban J connectivity index is 2.10. The van der Waals surface area contributed by atoms with Crippen LogP contribution < -0.4 is 0 Å². The van der Waals surface area contributed by atoms with Crippen LogP contribution in [0.5, 0.6) is 0 Å². The Morgan fingerprint density at radius 1 is 1.80 bits per heavy atom. The van der Waals surface area contributed by atoms with E-state index in [-0.39, 0.29) is 12.1 Å². The molecule has 0 unspecified atom stereocenters. The van der Waals surface area contributed by atoms with Gasteiger partial charge in [-0.2, -0.15) is 0 Å². The molecule has 0 aromatic rings. The van der Waals surface area contributed by atoms with E-state index in [1.54, 1.807) is 0 Å². The maximum atomic E-state index is 10.6. The zero-order valence-corrected chi connectivity index (χ0v) is 5.91. The van der Waals surface area contributed by atoms with Crippen molar-refractivity contribution in [3.05, 3.63) is 0 Å². The van der Waals surface area contributed by atoms with Gasteiger partial charge >= 0.3 is 5.97 Å². The standard InChI is InChI=1S/C6H11NO3/c1-10-6(9)4-7-2-5(8)3-7/h5,8H,2-4H2,1H3. The van der Waals surface area contributed by atoms with E-state index >= 15 is 0 Å². The molecule has 0 radical (unpaired) electrons. The van der Waals surface area contributed by atoms with E-state index in [0.717, 1.165) is 0 Å². The summed E-state index contributed by atoms with van der Waals surface area (Å²) in [6, 6.07) is 0. The number of hydrogen-bond donors (Lipinski definition) is 1. The molecule has 1 fully saturated rings. The van der Waals surface area contributed by atoms with E-state index in [0.29, 0.717) is 19.6 Å². The van der Waals surface area contributed by atoms with Gasteiger partial charge in [0.25, 0.3) is 0 Å². The van der Waals surface area contributed by atoms with Gasteiger partial charge in [-0.25, -0.2) is 0 Å². The summed E-state index contributed by atoms with van der Waals surface area (Å²) >= 11 is 0. The Morgan fingerprint density at radius 2 is 2.40 bits per heavy atom. The molecule has 0 bridgehead atoms. The molecule has 1 saturated heterocycles.